The Morgan fingerprint density at radius 3 is 2.48 bits per heavy atom. The molecule has 0 bridgehead atoms. The smallest absolute Gasteiger partial charge is 0.254 e. The Morgan fingerprint density at radius 1 is 1.28 bits per heavy atom. The van der Waals surface area contributed by atoms with E-state index in [4.69, 9.17) is 9.26 Å². The fraction of sp³-hybridized carbons (Fsp3) is 0.389. The molecule has 0 aliphatic heterocycles. The van der Waals surface area contributed by atoms with Crippen molar-refractivity contribution < 1.29 is 18.8 Å². The summed E-state index contributed by atoms with van der Waals surface area (Å²) >= 11 is 0. The van der Waals surface area contributed by atoms with Gasteiger partial charge in [-0.1, -0.05) is 19.0 Å². The molecule has 1 aromatic heterocycles. The third-order valence-corrected chi connectivity index (χ3v) is 3.44. The molecular weight excluding hydrogens is 322 g/mol. The Kier molecular flexibility index (Phi) is 6.16. The minimum Gasteiger partial charge on any atom is -0.497 e. The number of aryl methyl sites for hydroxylation is 1. The third kappa shape index (κ3) is 5.34. The van der Waals surface area contributed by atoms with E-state index >= 15 is 0 Å². The van der Waals surface area contributed by atoms with Crippen molar-refractivity contribution in [3.8, 4) is 5.75 Å². The van der Waals surface area contributed by atoms with Gasteiger partial charge in [0.1, 0.15) is 18.1 Å². The number of ether oxygens (including phenoxy) is 1. The number of hydrogen-bond acceptors (Lipinski definition) is 5. The van der Waals surface area contributed by atoms with Gasteiger partial charge in [0.25, 0.3) is 5.91 Å². The standard InChI is InChI=1S/C18H23N3O4/c1-12(2)10-21(11-17(22)19-16-9-13(3)25-20-16)18(23)14-5-7-15(24-4)8-6-14/h5-9,12H,10-11H2,1-4H3,(H,19,20,22). The predicted molar refractivity (Wildman–Crippen MR) is 93.6 cm³/mol. The van der Waals surface area contributed by atoms with Crippen LogP contribution in [-0.2, 0) is 4.79 Å². The van der Waals surface area contributed by atoms with E-state index in [1.54, 1.807) is 44.4 Å². The highest BCUT2D eigenvalue weighted by Gasteiger charge is 2.20. The first-order chi connectivity index (χ1) is 11.9. The second-order valence-electron chi connectivity index (χ2n) is 6.18. The Morgan fingerprint density at radius 2 is 1.96 bits per heavy atom. The van der Waals surface area contributed by atoms with Crippen LogP contribution in [0, 0.1) is 12.8 Å². The maximum Gasteiger partial charge on any atom is 0.254 e. The number of aromatic nitrogens is 1. The van der Waals surface area contributed by atoms with Gasteiger partial charge in [0.2, 0.25) is 5.91 Å². The van der Waals surface area contributed by atoms with E-state index in [-0.39, 0.29) is 24.3 Å². The van der Waals surface area contributed by atoms with E-state index in [2.05, 4.69) is 10.5 Å². The molecule has 0 unspecified atom stereocenters. The van der Waals surface area contributed by atoms with E-state index in [0.29, 0.717) is 29.4 Å². The van der Waals surface area contributed by atoms with Crippen LogP contribution < -0.4 is 10.1 Å². The topological polar surface area (TPSA) is 84.7 Å². The Hall–Kier alpha value is -2.83. The molecule has 7 heteroatoms. The number of anilines is 1. The summed E-state index contributed by atoms with van der Waals surface area (Å²) in [4.78, 5) is 26.5. The minimum absolute atomic E-state index is 0.0606. The zero-order valence-electron chi connectivity index (χ0n) is 14.9. The van der Waals surface area contributed by atoms with E-state index in [1.807, 2.05) is 13.8 Å². The van der Waals surface area contributed by atoms with Crippen molar-refractivity contribution in [2.24, 2.45) is 5.92 Å². The molecule has 7 nitrogen and oxygen atoms in total. The molecule has 1 heterocycles. The number of carbonyl (C=O) groups is 2. The minimum atomic E-state index is -0.323. The van der Waals surface area contributed by atoms with Gasteiger partial charge in [0, 0.05) is 18.2 Å². The van der Waals surface area contributed by atoms with Gasteiger partial charge >= 0.3 is 0 Å². The summed E-state index contributed by atoms with van der Waals surface area (Å²) in [5.41, 5.74) is 0.506. The van der Waals surface area contributed by atoms with Crippen molar-refractivity contribution in [2.75, 3.05) is 25.5 Å². The average Bonchev–Trinajstić information content (AvgIpc) is 2.98. The van der Waals surface area contributed by atoms with Crippen LogP contribution in [0.25, 0.3) is 0 Å². The lowest BCUT2D eigenvalue weighted by molar-refractivity contribution is -0.117. The maximum absolute atomic E-state index is 12.7. The number of carbonyl (C=O) groups excluding carboxylic acids is 2. The van der Waals surface area contributed by atoms with E-state index in [1.165, 1.54) is 4.90 Å². The van der Waals surface area contributed by atoms with Crippen LogP contribution in [0.5, 0.6) is 5.75 Å². The molecule has 0 saturated carbocycles. The van der Waals surface area contributed by atoms with Crippen LogP contribution in [0.15, 0.2) is 34.9 Å². The van der Waals surface area contributed by atoms with Crippen molar-refractivity contribution in [3.05, 3.63) is 41.7 Å². The van der Waals surface area contributed by atoms with Crippen LogP contribution in [-0.4, -0.2) is 42.1 Å². The third-order valence-electron chi connectivity index (χ3n) is 3.44. The normalized spacial score (nSPS) is 10.6. The molecule has 2 aromatic rings. The molecule has 0 radical (unpaired) electrons. The Balaban J connectivity index is 2.08. The van der Waals surface area contributed by atoms with Crippen LogP contribution in [0.1, 0.15) is 30.0 Å². The molecule has 1 N–H and O–H groups in total. The monoisotopic (exact) mass is 345 g/mol. The number of nitrogens with one attached hydrogen (secondary N) is 1. The number of methoxy groups -OCH3 is 1. The first-order valence-electron chi connectivity index (χ1n) is 8.05. The predicted octanol–water partition coefficient (Wildman–Crippen LogP) is 2.73. The molecule has 0 aliphatic carbocycles. The van der Waals surface area contributed by atoms with E-state index < -0.39 is 0 Å². The van der Waals surface area contributed by atoms with Gasteiger partial charge in [0.15, 0.2) is 5.82 Å². The summed E-state index contributed by atoms with van der Waals surface area (Å²) in [6.45, 7) is 6.13. The summed E-state index contributed by atoms with van der Waals surface area (Å²) in [6.07, 6.45) is 0. The Bertz CT molecular complexity index is 722. The van der Waals surface area contributed by atoms with Gasteiger partial charge in [-0.05, 0) is 37.1 Å². The fourth-order valence-corrected chi connectivity index (χ4v) is 2.36. The highest BCUT2D eigenvalue weighted by Crippen LogP contribution is 2.14. The van der Waals surface area contributed by atoms with Gasteiger partial charge in [-0.3, -0.25) is 9.59 Å². The lowest BCUT2D eigenvalue weighted by Crippen LogP contribution is -2.40. The molecule has 2 amide bonds. The molecular formula is C18H23N3O4. The number of benzene rings is 1. The van der Waals surface area contributed by atoms with Gasteiger partial charge < -0.3 is 19.5 Å². The molecule has 1 aromatic carbocycles. The first kappa shape index (κ1) is 18.5. The van der Waals surface area contributed by atoms with Gasteiger partial charge in [-0.2, -0.15) is 0 Å². The van der Waals surface area contributed by atoms with E-state index in [9.17, 15) is 9.59 Å². The highest BCUT2D eigenvalue weighted by atomic mass is 16.5. The zero-order valence-corrected chi connectivity index (χ0v) is 14.9. The first-order valence-corrected chi connectivity index (χ1v) is 8.05. The SMILES string of the molecule is COc1ccc(C(=O)N(CC(=O)Nc2cc(C)on2)CC(C)C)cc1. The lowest BCUT2D eigenvalue weighted by Gasteiger charge is -2.24. The highest BCUT2D eigenvalue weighted by molar-refractivity contribution is 5.99. The molecule has 0 saturated heterocycles. The summed E-state index contributed by atoms with van der Waals surface area (Å²) in [6, 6.07) is 8.44. The van der Waals surface area contributed by atoms with Crippen molar-refractivity contribution in [2.45, 2.75) is 20.8 Å². The summed E-state index contributed by atoms with van der Waals surface area (Å²) in [7, 11) is 1.57. The maximum atomic E-state index is 12.7. The number of hydrogen-bond donors (Lipinski definition) is 1. The number of amides is 2. The second kappa shape index (κ2) is 8.32. The van der Waals surface area contributed by atoms with Crippen LogP contribution in [0.4, 0.5) is 5.82 Å². The van der Waals surface area contributed by atoms with Crippen molar-refractivity contribution in [1.29, 1.82) is 0 Å². The number of nitrogens with zero attached hydrogens (tertiary/aromatic N) is 2. The van der Waals surface area contributed by atoms with Crippen LogP contribution in [0.2, 0.25) is 0 Å². The summed E-state index contributed by atoms with van der Waals surface area (Å²) < 4.78 is 10.0. The molecule has 134 valence electrons. The average molecular weight is 345 g/mol. The molecule has 2 rings (SSSR count). The quantitative estimate of drug-likeness (QED) is 0.834. The molecule has 0 spiro atoms. The molecule has 0 atom stereocenters. The fourth-order valence-electron chi connectivity index (χ4n) is 2.36. The van der Waals surface area contributed by atoms with Crippen molar-refractivity contribution >= 4 is 17.6 Å². The second-order valence-corrected chi connectivity index (χ2v) is 6.18. The van der Waals surface area contributed by atoms with Crippen LogP contribution in [0.3, 0.4) is 0 Å². The summed E-state index contributed by atoms with van der Waals surface area (Å²) in [5, 5.41) is 6.36. The molecule has 0 aliphatic rings. The summed E-state index contributed by atoms with van der Waals surface area (Å²) in [5.74, 6) is 1.31. The van der Waals surface area contributed by atoms with Crippen LogP contribution >= 0.6 is 0 Å². The molecule has 25 heavy (non-hydrogen) atoms. The van der Waals surface area contributed by atoms with Gasteiger partial charge in [0.05, 0.1) is 7.11 Å². The number of rotatable bonds is 7. The Labute approximate surface area is 146 Å². The van der Waals surface area contributed by atoms with Crippen molar-refractivity contribution in [3.63, 3.8) is 0 Å². The lowest BCUT2D eigenvalue weighted by atomic mass is 10.1. The van der Waals surface area contributed by atoms with Gasteiger partial charge in [-0.25, -0.2) is 0 Å². The molecule has 0 fully saturated rings. The van der Waals surface area contributed by atoms with Gasteiger partial charge in [-0.15, -0.1) is 0 Å². The van der Waals surface area contributed by atoms with E-state index in [0.717, 1.165) is 0 Å². The van der Waals surface area contributed by atoms with Crippen molar-refractivity contribution in [1.82, 2.24) is 10.1 Å². The largest absolute Gasteiger partial charge is 0.497 e. The zero-order chi connectivity index (χ0) is 18.4.